The molecule has 0 bridgehead atoms. The number of terminal acetylenes is 1. The molecule has 64 valence electrons. The molecule has 0 heterocycles. The van der Waals surface area contributed by atoms with Crippen LogP contribution in [0.2, 0.25) is 0 Å². The molecule has 11 heavy (non-hydrogen) atoms. The number of aliphatic hydroxyl groups is 1. The van der Waals surface area contributed by atoms with Crippen LogP contribution in [0.4, 0.5) is 0 Å². The predicted octanol–water partition coefficient (Wildman–Crippen LogP) is 1.90. The van der Waals surface area contributed by atoms with E-state index in [0.29, 0.717) is 0 Å². The molecule has 1 nitrogen and oxygen atoms in total. The van der Waals surface area contributed by atoms with Crippen LogP contribution in [-0.2, 0) is 0 Å². The van der Waals surface area contributed by atoms with Crippen LogP contribution in [0.25, 0.3) is 0 Å². The quantitative estimate of drug-likeness (QED) is 0.488. The molecule has 0 saturated carbocycles. The van der Waals surface area contributed by atoms with Gasteiger partial charge in [0.1, 0.15) is 0 Å². The molecule has 1 atom stereocenters. The average molecular weight is 172 g/mol. The second kappa shape index (κ2) is 7.97. The number of hydrogen-bond donors (Lipinski definition) is 1. The monoisotopic (exact) mass is 172 g/mol. The molecular weight excluding hydrogens is 156 g/mol. The standard InChI is InChI=1S/C9H16OS/c1-3-4-5-6-9(10)7-8-11-2/h1,9-10H,4-8H2,2H3. The lowest BCUT2D eigenvalue weighted by atomic mass is 10.1. The van der Waals surface area contributed by atoms with Crippen LogP contribution in [0.5, 0.6) is 0 Å². The van der Waals surface area contributed by atoms with Crippen molar-refractivity contribution in [1.82, 2.24) is 0 Å². The van der Waals surface area contributed by atoms with E-state index in [2.05, 4.69) is 5.92 Å². The largest absolute Gasteiger partial charge is 0.393 e. The molecule has 0 aliphatic heterocycles. The summed E-state index contributed by atoms with van der Waals surface area (Å²) in [6, 6.07) is 0. The Labute approximate surface area is 73.6 Å². The summed E-state index contributed by atoms with van der Waals surface area (Å²) < 4.78 is 0. The first-order chi connectivity index (χ1) is 5.31. The van der Waals surface area contributed by atoms with Crippen molar-refractivity contribution < 1.29 is 5.11 Å². The van der Waals surface area contributed by atoms with Crippen LogP contribution in [0.15, 0.2) is 0 Å². The van der Waals surface area contributed by atoms with Crippen LogP contribution in [0, 0.1) is 12.3 Å². The third kappa shape index (κ3) is 7.77. The molecule has 1 N–H and O–H groups in total. The Morgan fingerprint density at radius 1 is 1.55 bits per heavy atom. The maximum atomic E-state index is 9.32. The summed E-state index contributed by atoms with van der Waals surface area (Å²) >= 11 is 1.77. The minimum atomic E-state index is -0.143. The first-order valence-electron chi connectivity index (χ1n) is 3.91. The van der Waals surface area contributed by atoms with Gasteiger partial charge >= 0.3 is 0 Å². The van der Waals surface area contributed by atoms with Crippen LogP contribution in [0.3, 0.4) is 0 Å². The van der Waals surface area contributed by atoms with Crippen molar-refractivity contribution >= 4 is 11.8 Å². The van der Waals surface area contributed by atoms with E-state index in [1.165, 1.54) is 0 Å². The maximum absolute atomic E-state index is 9.32. The lowest BCUT2D eigenvalue weighted by molar-refractivity contribution is 0.159. The van der Waals surface area contributed by atoms with Crippen molar-refractivity contribution in [2.45, 2.75) is 31.8 Å². The molecule has 0 aromatic heterocycles. The molecule has 1 unspecified atom stereocenters. The molecule has 0 aromatic carbocycles. The minimum absolute atomic E-state index is 0.143. The summed E-state index contributed by atoms with van der Waals surface area (Å²) in [4.78, 5) is 0. The highest BCUT2D eigenvalue weighted by molar-refractivity contribution is 7.98. The van der Waals surface area contributed by atoms with Crippen LogP contribution in [-0.4, -0.2) is 23.2 Å². The molecule has 0 aliphatic rings. The molecule has 0 rings (SSSR count). The molecule has 0 amide bonds. The number of rotatable bonds is 6. The molecular formula is C9H16OS. The third-order valence-electron chi connectivity index (χ3n) is 1.51. The number of unbranched alkanes of at least 4 members (excludes halogenated alkanes) is 1. The van der Waals surface area contributed by atoms with E-state index < -0.39 is 0 Å². The van der Waals surface area contributed by atoms with Gasteiger partial charge in [0.25, 0.3) is 0 Å². The lowest BCUT2D eigenvalue weighted by Gasteiger charge is -2.07. The van der Waals surface area contributed by atoms with E-state index in [0.717, 1.165) is 31.4 Å². The van der Waals surface area contributed by atoms with Gasteiger partial charge in [0.05, 0.1) is 6.10 Å². The third-order valence-corrected chi connectivity index (χ3v) is 2.16. The van der Waals surface area contributed by atoms with Gasteiger partial charge in [0.15, 0.2) is 0 Å². The molecule has 0 aliphatic carbocycles. The van der Waals surface area contributed by atoms with Gasteiger partial charge in [-0.2, -0.15) is 11.8 Å². The van der Waals surface area contributed by atoms with Gasteiger partial charge in [-0.1, -0.05) is 0 Å². The summed E-state index contributed by atoms with van der Waals surface area (Å²) in [5.41, 5.74) is 0. The van der Waals surface area contributed by atoms with Gasteiger partial charge < -0.3 is 5.11 Å². The minimum Gasteiger partial charge on any atom is -0.393 e. The fraction of sp³-hybridized carbons (Fsp3) is 0.778. The SMILES string of the molecule is C#CCCCC(O)CCSC. The second-order valence-electron chi connectivity index (χ2n) is 2.53. The molecule has 0 fully saturated rings. The summed E-state index contributed by atoms with van der Waals surface area (Å²) in [7, 11) is 0. The Bertz CT molecular complexity index is 117. The van der Waals surface area contributed by atoms with Crippen molar-refractivity contribution in [2.24, 2.45) is 0 Å². The fourth-order valence-corrected chi connectivity index (χ4v) is 1.35. The van der Waals surface area contributed by atoms with Gasteiger partial charge in [-0.3, -0.25) is 0 Å². The van der Waals surface area contributed by atoms with Gasteiger partial charge in [0, 0.05) is 6.42 Å². The van der Waals surface area contributed by atoms with E-state index in [9.17, 15) is 5.11 Å². The highest BCUT2D eigenvalue weighted by atomic mass is 32.2. The zero-order valence-corrected chi connectivity index (χ0v) is 7.86. The molecule has 2 heteroatoms. The van der Waals surface area contributed by atoms with Crippen LogP contribution in [0.1, 0.15) is 25.7 Å². The molecule has 0 radical (unpaired) electrons. The maximum Gasteiger partial charge on any atom is 0.0548 e. The van der Waals surface area contributed by atoms with Crippen LogP contribution < -0.4 is 0 Å². The van der Waals surface area contributed by atoms with Crippen molar-refractivity contribution in [2.75, 3.05) is 12.0 Å². The fourth-order valence-electron chi connectivity index (χ4n) is 0.838. The summed E-state index contributed by atoms with van der Waals surface area (Å²) in [6.45, 7) is 0. The van der Waals surface area contributed by atoms with E-state index in [1.54, 1.807) is 11.8 Å². The van der Waals surface area contributed by atoms with Crippen molar-refractivity contribution in [3.63, 3.8) is 0 Å². The first kappa shape index (κ1) is 10.9. The van der Waals surface area contributed by atoms with Crippen molar-refractivity contribution in [1.29, 1.82) is 0 Å². The zero-order valence-electron chi connectivity index (χ0n) is 7.05. The Balaban J connectivity index is 3.10. The summed E-state index contributed by atoms with van der Waals surface area (Å²) in [6.07, 6.45) is 10.5. The number of hydrogen-bond acceptors (Lipinski definition) is 2. The van der Waals surface area contributed by atoms with Crippen molar-refractivity contribution in [3.05, 3.63) is 0 Å². The van der Waals surface area contributed by atoms with Gasteiger partial charge in [-0.25, -0.2) is 0 Å². The Hall–Kier alpha value is -0.130. The van der Waals surface area contributed by atoms with E-state index in [-0.39, 0.29) is 6.10 Å². The highest BCUT2D eigenvalue weighted by Gasteiger charge is 2.01. The second-order valence-corrected chi connectivity index (χ2v) is 3.52. The smallest absolute Gasteiger partial charge is 0.0548 e. The van der Waals surface area contributed by atoms with Gasteiger partial charge in [-0.05, 0) is 31.3 Å². The Morgan fingerprint density at radius 2 is 2.27 bits per heavy atom. The summed E-state index contributed by atoms with van der Waals surface area (Å²) in [5.74, 6) is 3.60. The normalized spacial score (nSPS) is 12.5. The average Bonchev–Trinajstić information content (AvgIpc) is 2.01. The van der Waals surface area contributed by atoms with Gasteiger partial charge in [0.2, 0.25) is 0 Å². The van der Waals surface area contributed by atoms with E-state index in [1.807, 2.05) is 6.26 Å². The number of thioether (sulfide) groups is 1. The molecule has 0 saturated heterocycles. The lowest BCUT2D eigenvalue weighted by Crippen LogP contribution is -2.06. The predicted molar refractivity (Wildman–Crippen MR) is 51.7 cm³/mol. The van der Waals surface area contributed by atoms with Gasteiger partial charge in [-0.15, -0.1) is 12.3 Å². The van der Waals surface area contributed by atoms with E-state index in [4.69, 9.17) is 6.42 Å². The van der Waals surface area contributed by atoms with Crippen molar-refractivity contribution in [3.8, 4) is 12.3 Å². The van der Waals surface area contributed by atoms with E-state index >= 15 is 0 Å². The highest BCUT2D eigenvalue weighted by Crippen LogP contribution is 2.06. The molecule has 0 aromatic rings. The topological polar surface area (TPSA) is 20.2 Å². The number of aliphatic hydroxyl groups excluding tert-OH is 1. The molecule has 0 spiro atoms. The Kier molecular flexibility index (Phi) is 7.88. The first-order valence-corrected chi connectivity index (χ1v) is 5.31. The Morgan fingerprint density at radius 3 is 2.82 bits per heavy atom. The zero-order chi connectivity index (χ0) is 8.53. The van der Waals surface area contributed by atoms with Crippen LogP contribution >= 0.6 is 11.8 Å². The summed E-state index contributed by atoms with van der Waals surface area (Å²) in [5, 5.41) is 9.32.